The third-order valence-electron chi connectivity index (χ3n) is 11.0. The lowest BCUT2D eigenvalue weighted by atomic mass is 9.43. The molecule has 0 saturated heterocycles. The van der Waals surface area contributed by atoms with Crippen LogP contribution in [0.4, 0.5) is 0 Å². The topological polar surface area (TPSA) is 147 Å². The normalized spacial score (nSPS) is 46.3. The summed E-state index contributed by atoms with van der Waals surface area (Å²) in [5.41, 5.74) is -0.00495. The third kappa shape index (κ3) is 5.05. The summed E-state index contributed by atoms with van der Waals surface area (Å²) in [4.78, 5) is 12.2. The van der Waals surface area contributed by atoms with Crippen molar-refractivity contribution in [1.29, 1.82) is 0 Å². The summed E-state index contributed by atoms with van der Waals surface area (Å²) in [7, 11) is -4.33. The Bertz CT molecular complexity index is 896. The van der Waals surface area contributed by atoms with Crippen molar-refractivity contribution in [2.24, 2.45) is 46.3 Å². The highest BCUT2D eigenvalue weighted by Gasteiger charge is 2.65. The summed E-state index contributed by atoms with van der Waals surface area (Å²) in [5, 5.41) is 35.3. The van der Waals surface area contributed by atoms with Crippen molar-refractivity contribution in [1.82, 2.24) is 5.32 Å². The summed E-state index contributed by atoms with van der Waals surface area (Å²) in [6.45, 7) is 6.66. The van der Waals surface area contributed by atoms with Gasteiger partial charge in [-0.1, -0.05) is 20.8 Å². The summed E-state index contributed by atoms with van der Waals surface area (Å²) in [5.74, 6) is 0.598. The van der Waals surface area contributed by atoms with Gasteiger partial charge < -0.3 is 25.2 Å². The van der Waals surface area contributed by atoms with Crippen LogP contribution in [0.5, 0.6) is 0 Å². The van der Waals surface area contributed by atoms with E-state index < -0.39 is 28.1 Å². The first-order valence-corrected chi connectivity index (χ1v) is 15.1. The van der Waals surface area contributed by atoms with Gasteiger partial charge >= 0.3 is 0 Å². The van der Waals surface area contributed by atoms with Gasteiger partial charge in [0.15, 0.2) is 0 Å². The van der Waals surface area contributed by atoms with Crippen molar-refractivity contribution in [3.05, 3.63) is 0 Å². The molecule has 11 atom stereocenters. The maximum Gasteiger partial charge on any atom is 0.220 e. The van der Waals surface area contributed by atoms with Crippen molar-refractivity contribution < 1.29 is 33.1 Å². The van der Waals surface area contributed by atoms with E-state index in [9.17, 15) is 33.1 Å². The Morgan fingerprint density at radius 1 is 1.00 bits per heavy atom. The van der Waals surface area contributed by atoms with E-state index in [1.54, 1.807) is 0 Å². The van der Waals surface area contributed by atoms with Gasteiger partial charge in [0.05, 0.1) is 34.2 Å². The molecule has 9 heteroatoms. The molecule has 0 aliphatic heterocycles. The average molecular weight is 515 g/mol. The number of fused-ring (bicyclic) bond motifs is 5. The van der Waals surface area contributed by atoms with Crippen molar-refractivity contribution in [3.63, 3.8) is 0 Å². The smallest absolute Gasteiger partial charge is 0.220 e. The minimum absolute atomic E-state index is 0.0474. The van der Waals surface area contributed by atoms with Crippen LogP contribution < -0.4 is 5.32 Å². The lowest BCUT2D eigenvalue weighted by Gasteiger charge is -2.63. The van der Waals surface area contributed by atoms with Crippen LogP contribution in [0.1, 0.15) is 78.6 Å². The molecule has 4 N–H and O–H groups in total. The van der Waals surface area contributed by atoms with Crippen molar-refractivity contribution in [2.75, 3.05) is 12.3 Å². The zero-order valence-electron chi connectivity index (χ0n) is 21.4. The maximum atomic E-state index is 12.2. The van der Waals surface area contributed by atoms with Crippen LogP contribution in [0.3, 0.4) is 0 Å². The zero-order chi connectivity index (χ0) is 25.8. The molecule has 4 rings (SSSR count). The van der Waals surface area contributed by atoms with Gasteiger partial charge in [0.1, 0.15) is 0 Å². The van der Waals surface area contributed by atoms with Crippen LogP contribution >= 0.6 is 0 Å². The van der Waals surface area contributed by atoms with E-state index in [0.717, 1.165) is 38.5 Å². The van der Waals surface area contributed by atoms with Crippen LogP contribution in [0.2, 0.25) is 0 Å². The highest BCUT2D eigenvalue weighted by Crippen LogP contribution is 2.68. The van der Waals surface area contributed by atoms with Gasteiger partial charge in [-0.25, -0.2) is 8.42 Å². The lowest BCUT2D eigenvalue weighted by molar-refractivity contribution is -0.223. The molecule has 0 radical (unpaired) electrons. The Balaban J connectivity index is 1.42. The van der Waals surface area contributed by atoms with Gasteiger partial charge in [0, 0.05) is 13.0 Å². The summed E-state index contributed by atoms with van der Waals surface area (Å²) in [6.07, 6.45) is 5.46. The second-order valence-electron chi connectivity index (χ2n) is 12.7. The second-order valence-corrected chi connectivity index (χ2v) is 14.2. The molecule has 4 aliphatic rings. The largest absolute Gasteiger partial charge is 0.748 e. The van der Waals surface area contributed by atoms with Crippen molar-refractivity contribution in [3.8, 4) is 0 Å². The van der Waals surface area contributed by atoms with Gasteiger partial charge in [-0.15, -0.1) is 0 Å². The predicted octanol–water partition coefficient (Wildman–Crippen LogP) is 2.03. The molecule has 0 unspecified atom stereocenters. The van der Waals surface area contributed by atoms with E-state index in [-0.39, 0.29) is 41.2 Å². The molecule has 4 saturated carbocycles. The SMILES string of the molecule is C[C@H](CCC(=O)NCCS(=O)(=O)[O-])[C@H]1CC[C@H]2[C@@H]3[C@@H](O)[C@@H](O)[C@@H]4C[C@H](O)CC[C@]4(C)[C@H]3CC[C@]12C. The van der Waals surface area contributed by atoms with E-state index >= 15 is 0 Å². The van der Waals surface area contributed by atoms with E-state index in [4.69, 9.17) is 0 Å². The number of hydrogen-bond acceptors (Lipinski definition) is 7. The minimum atomic E-state index is -4.33. The van der Waals surface area contributed by atoms with Gasteiger partial charge in [-0.2, -0.15) is 0 Å². The summed E-state index contributed by atoms with van der Waals surface area (Å²) < 4.78 is 32.2. The predicted molar refractivity (Wildman–Crippen MR) is 130 cm³/mol. The monoisotopic (exact) mass is 514 g/mol. The Labute approximate surface area is 210 Å². The molecule has 4 aliphatic carbocycles. The fourth-order valence-corrected chi connectivity index (χ4v) is 9.53. The zero-order valence-corrected chi connectivity index (χ0v) is 22.2. The highest BCUT2D eigenvalue weighted by molar-refractivity contribution is 7.85. The standard InChI is InChI=1S/C26H45NO7S/c1-15(4-7-21(29)27-12-13-35(32,33)34)17-5-6-18-22-19(9-11-25(17,18)2)26(3)10-8-16(28)14-20(26)23(30)24(22)31/h15-20,22-24,28,30-31H,4-14H2,1-3H3,(H,27,29)(H,32,33,34)/p-1/t15-,16-,17-,18+,19+,20+,22+,23+,24-,25-,26-/m1/s1. The average Bonchev–Trinajstić information content (AvgIpc) is 3.13. The molecular weight excluding hydrogens is 470 g/mol. The Kier molecular flexibility index (Phi) is 7.69. The molecule has 1 amide bonds. The molecule has 35 heavy (non-hydrogen) atoms. The van der Waals surface area contributed by atoms with Crippen LogP contribution in [0.25, 0.3) is 0 Å². The van der Waals surface area contributed by atoms with Crippen molar-refractivity contribution >= 4 is 16.0 Å². The van der Waals surface area contributed by atoms with E-state index in [1.165, 1.54) is 0 Å². The number of aliphatic hydroxyl groups excluding tert-OH is 3. The van der Waals surface area contributed by atoms with E-state index in [0.29, 0.717) is 42.9 Å². The lowest BCUT2D eigenvalue weighted by Crippen LogP contribution is -2.64. The van der Waals surface area contributed by atoms with Crippen LogP contribution in [0.15, 0.2) is 0 Å². The molecule has 0 bridgehead atoms. The number of carbonyl (C=O) groups is 1. The maximum absolute atomic E-state index is 12.2. The minimum Gasteiger partial charge on any atom is -0.748 e. The molecule has 0 spiro atoms. The number of aliphatic hydroxyl groups is 3. The molecule has 8 nitrogen and oxygen atoms in total. The molecule has 4 fully saturated rings. The second kappa shape index (κ2) is 9.86. The first-order valence-electron chi connectivity index (χ1n) is 13.5. The quantitative estimate of drug-likeness (QED) is 0.380. The number of nitrogens with one attached hydrogen (secondary N) is 1. The number of amides is 1. The molecular formula is C26H44NO7S-. The first kappa shape index (κ1) is 27.3. The molecule has 202 valence electrons. The van der Waals surface area contributed by atoms with Crippen LogP contribution in [-0.4, -0.2) is 64.8 Å². The van der Waals surface area contributed by atoms with Crippen LogP contribution in [0, 0.1) is 46.3 Å². The fourth-order valence-electron chi connectivity index (χ4n) is 9.18. The molecule has 0 aromatic heterocycles. The molecule has 0 heterocycles. The highest BCUT2D eigenvalue weighted by atomic mass is 32.2. The Hall–Kier alpha value is -0.740. The number of carbonyl (C=O) groups excluding carboxylic acids is 1. The van der Waals surface area contributed by atoms with Gasteiger partial charge in [-0.3, -0.25) is 4.79 Å². The third-order valence-corrected chi connectivity index (χ3v) is 11.7. The number of hydrogen-bond donors (Lipinski definition) is 4. The van der Waals surface area contributed by atoms with Gasteiger partial charge in [0.25, 0.3) is 0 Å². The number of rotatable bonds is 7. The van der Waals surface area contributed by atoms with Gasteiger partial charge in [0.2, 0.25) is 5.91 Å². The van der Waals surface area contributed by atoms with Crippen molar-refractivity contribution in [2.45, 2.75) is 96.9 Å². The summed E-state index contributed by atoms with van der Waals surface area (Å²) in [6, 6.07) is 0. The molecule has 0 aromatic rings. The fraction of sp³-hybridized carbons (Fsp3) is 0.962. The Morgan fingerprint density at radius 2 is 1.66 bits per heavy atom. The van der Waals surface area contributed by atoms with E-state index in [1.807, 2.05) is 0 Å². The summed E-state index contributed by atoms with van der Waals surface area (Å²) >= 11 is 0. The van der Waals surface area contributed by atoms with E-state index in [2.05, 4.69) is 26.1 Å². The first-order chi connectivity index (χ1) is 16.3. The van der Waals surface area contributed by atoms with Gasteiger partial charge in [-0.05, 0) is 97.7 Å². The Morgan fingerprint density at radius 3 is 2.34 bits per heavy atom. The molecule has 0 aromatic carbocycles. The van der Waals surface area contributed by atoms with Crippen LogP contribution in [-0.2, 0) is 14.9 Å².